The average Bonchev–Trinajstić information content (AvgIpc) is 2.66. The van der Waals surface area contributed by atoms with Gasteiger partial charge in [0, 0.05) is 11.8 Å². The van der Waals surface area contributed by atoms with E-state index in [1.54, 1.807) is 26.4 Å². The number of nitrogens with zero attached hydrogens (tertiary/aromatic N) is 1. The largest absolute Gasteiger partial charge is 0.493 e. The molecule has 2 aromatic carbocycles. The molecule has 0 atom stereocenters. The van der Waals surface area contributed by atoms with Crippen molar-refractivity contribution in [2.75, 3.05) is 20.0 Å². The molecule has 3 aromatic rings. The lowest BCUT2D eigenvalue weighted by Crippen LogP contribution is -2.10. The van der Waals surface area contributed by atoms with Gasteiger partial charge in [-0.15, -0.1) is 0 Å². The van der Waals surface area contributed by atoms with E-state index < -0.39 is 0 Å². The van der Waals surface area contributed by atoms with Crippen molar-refractivity contribution in [1.82, 2.24) is 4.98 Å². The fourth-order valence-electron chi connectivity index (χ4n) is 2.67. The molecule has 0 unspecified atom stereocenters. The summed E-state index contributed by atoms with van der Waals surface area (Å²) in [6.45, 7) is 0. The zero-order valence-corrected chi connectivity index (χ0v) is 14.7. The molecule has 1 heterocycles. The van der Waals surface area contributed by atoms with Gasteiger partial charge >= 0.3 is 5.97 Å². The number of hydrogen-bond acceptors (Lipinski definition) is 6. The number of aromatic nitrogens is 1. The van der Waals surface area contributed by atoms with Gasteiger partial charge in [-0.3, -0.25) is 4.79 Å². The minimum atomic E-state index is -0.337. The van der Waals surface area contributed by atoms with Crippen LogP contribution in [-0.4, -0.2) is 25.2 Å². The van der Waals surface area contributed by atoms with Crippen LogP contribution in [0.4, 0.5) is 5.82 Å². The molecule has 134 valence electrons. The van der Waals surface area contributed by atoms with E-state index in [2.05, 4.69) is 4.98 Å². The van der Waals surface area contributed by atoms with Crippen LogP contribution in [0.15, 0.2) is 48.5 Å². The van der Waals surface area contributed by atoms with Crippen LogP contribution in [0, 0.1) is 0 Å². The lowest BCUT2D eigenvalue weighted by atomic mass is 10.1. The third-order valence-electron chi connectivity index (χ3n) is 3.99. The first-order valence-electron chi connectivity index (χ1n) is 8.17. The van der Waals surface area contributed by atoms with Gasteiger partial charge in [0.2, 0.25) is 0 Å². The van der Waals surface area contributed by atoms with Crippen molar-refractivity contribution >= 4 is 22.7 Å². The maximum absolute atomic E-state index is 12.3. The van der Waals surface area contributed by atoms with E-state index in [-0.39, 0.29) is 12.4 Å². The summed E-state index contributed by atoms with van der Waals surface area (Å²) in [6, 6.07) is 14.5. The average molecular weight is 352 g/mol. The number of anilines is 1. The van der Waals surface area contributed by atoms with Gasteiger partial charge in [0.1, 0.15) is 11.3 Å². The number of benzene rings is 2. The Kier molecular flexibility index (Phi) is 5.22. The van der Waals surface area contributed by atoms with Crippen molar-refractivity contribution < 1.29 is 19.0 Å². The van der Waals surface area contributed by atoms with E-state index in [1.165, 1.54) is 0 Å². The quantitative estimate of drug-likeness (QED) is 0.541. The molecule has 6 heteroatoms. The molecule has 0 fully saturated rings. The molecule has 0 radical (unpaired) electrons. The summed E-state index contributed by atoms with van der Waals surface area (Å²) in [5, 5.41) is 0.865. The number of para-hydroxylation sites is 1. The van der Waals surface area contributed by atoms with E-state index in [1.807, 2.05) is 36.4 Å². The second-order valence-electron chi connectivity index (χ2n) is 5.73. The number of methoxy groups -OCH3 is 2. The molecular weight excluding hydrogens is 332 g/mol. The molecule has 0 amide bonds. The summed E-state index contributed by atoms with van der Waals surface area (Å²) in [5.74, 6) is 1.74. The Balaban J connectivity index is 1.69. The predicted molar refractivity (Wildman–Crippen MR) is 99.7 cm³/mol. The minimum Gasteiger partial charge on any atom is -0.493 e. The normalized spacial score (nSPS) is 10.5. The molecule has 0 bridgehead atoms. The zero-order chi connectivity index (χ0) is 18.5. The van der Waals surface area contributed by atoms with Gasteiger partial charge in [-0.2, -0.15) is 0 Å². The number of fused-ring (bicyclic) bond motifs is 1. The van der Waals surface area contributed by atoms with E-state index in [4.69, 9.17) is 19.9 Å². The van der Waals surface area contributed by atoms with Crippen LogP contribution in [0.25, 0.3) is 10.9 Å². The van der Waals surface area contributed by atoms with Crippen LogP contribution in [0.2, 0.25) is 0 Å². The number of nitrogen functional groups attached to an aromatic ring is 1. The van der Waals surface area contributed by atoms with Gasteiger partial charge in [0.15, 0.2) is 17.2 Å². The maximum Gasteiger partial charge on any atom is 0.311 e. The number of carbonyl (C=O) groups is 1. The maximum atomic E-state index is 12.3. The highest BCUT2D eigenvalue weighted by molar-refractivity contribution is 5.88. The lowest BCUT2D eigenvalue weighted by molar-refractivity contribution is -0.134. The number of rotatable bonds is 6. The number of hydrogen-bond donors (Lipinski definition) is 1. The molecule has 3 rings (SSSR count). The molecule has 2 N–H and O–H groups in total. The summed E-state index contributed by atoms with van der Waals surface area (Å²) in [6.07, 6.45) is 0.758. The van der Waals surface area contributed by atoms with Crippen LogP contribution in [0.5, 0.6) is 17.2 Å². The number of aryl methyl sites for hydroxylation is 1. The van der Waals surface area contributed by atoms with Crippen LogP contribution >= 0.6 is 0 Å². The summed E-state index contributed by atoms with van der Waals surface area (Å²) in [4.78, 5) is 16.5. The van der Waals surface area contributed by atoms with Crippen molar-refractivity contribution in [1.29, 1.82) is 0 Å². The molecule has 0 saturated carbocycles. The lowest BCUT2D eigenvalue weighted by Gasteiger charge is -2.10. The van der Waals surface area contributed by atoms with Crippen molar-refractivity contribution in [2.45, 2.75) is 12.8 Å². The number of pyridine rings is 1. The summed E-state index contributed by atoms with van der Waals surface area (Å²) >= 11 is 0. The summed E-state index contributed by atoms with van der Waals surface area (Å²) in [5.41, 5.74) is 7.27. The van der Waals surface area contributed by atoms with E-state index in [0.717, 1.165) is 10.9 Å². The van der Waals surface area contributed by atoms with Crippen molar-refractivity contribution in [3.05, 3.63) is 54.1 Å². The fourth-order valence-corrected chi connectivity index (χ4v) is 2.67. The molecule has 0 spiro atoms. The van der Waals surface area contributed by atoms with Crippen LogP contribution < -0.4 is 19.9 Å². The third-order valence-corrected chi connectivity index (χ3v) is 3.99. The molecule has 0 aliphatic heterocycles. The second-order valence-corrected chi connectivity index (χ2v) is 5.73. The number of esters is 1. The van der Waals surface area contributed by atoms with E-state index >= 15 is 0 Å². The summed E-state index contributed by atoms with van der Waals surface area (Å²) in [7, 11) is 3.16. The first-order chi connectivity index (χ1) is 12.6. The number of ether oxygens (including phenoxy) is 3. The summed E-state index contributed by atoms with van der Waals surface area (Å²) < 4.78 is 16.0. The highest BCUT2D eigenvalue weighted by Gasteiger charge is 2.11. The van der Waals surface area contributed by atoms with Gasteiger partial charge in [0.25, 0.3) is 0 Å². The molecule has 0 saturated heterocycles. The smallest absolute Gasteiger partial charge is 0.311 e. The highest BCUT2D eigenvalue weighted by atomic mass is 16.5. The zero-order valence-electron chi connectivity index (χ0n) is 14.7. The SMILES string of the molecule is COc1ccc(CCC(=O)Oc2cccc3ccc(N)nc23)cc1OC. The molecule has 0 aliphatic rings. The number of nitrogens with two attached hydrogens (primary N) is 1. The van der Waals surface area contributed by atoms with Gasteiger partial charge in [-0.1, -0.05) is 18.2 Å². The van der Waals surface area contributed by atoms with Gasteiger partial charge in [-0.05, 0) is 42.3 Å². The standard InChI is InChI=1S/C20H20N2O4/c1-24-15-9-6-13(12-17(15)25-2)7-11-19(23)26-16-5-3-4-14-8-10-18(21)22-20(14)16/h3-6,8-10,12H,7,11H2,1-2H3,(H2,21,22). The first-order valence-corrected chi connectivity index (χ1v) is 8.17. The Morgan fingerprint density at radius 3 is 2.58 bits per heavy atom. The Morgan fingerprint density at radius 1 is 1.00 bits per heavy atom. The Bertz CT molecular complexity index is 940. The van der Waals surface area contributed by atoms with Crippen LogP contribution in [0.1, 0.15) is 12.0 Å². The number of carbonyl (C=O) groups excluding carboxylic acids is 1. The molecule has 1 aromatic heterocycles. The Labute approximate surface area is 151 Å². The molecule has 6 nitrogen and oxygen atoms in total. The van der Waals surface area contributed by atoms with E-state index in [0.29, 0.717) is 35.0 Å². The Hall–Kier alpha value is -3.28. The van der Waals surface area contributed by atoms with Crippen molar-refractivity contribution in [2.24, 2.45) is 0 Å². The second kappa shape index (κ2) is 7.74. The fraction of sp³-hybridized carbons (Fsp3) is 0.200. The van der Waals surface area contributed by atoms with E-state index in [9.17, 15) is 4.79 Å². The van der Waals surface area contributed by atoms with Gasteiger partial charge in [0.05, 0.1) is 14.2 Å². The minimum absolute atomic E-state index is 0.230. The topological polar surface area (TPSA) is 83.7 Å². The Morgan fingerprint density at radius 2 is 1.81 bits per heavy atom. The van der Waals surface area contributed by atoms with Gasteiger partial charge in [-0.25, -0.2) is 4.98 Å². The van der Waals surface area contributed by atoms with Crippen molar-refractivity contribution in [3.8, 4) is 17.2 Å². The third kappa shape index (κ3) is 3.85. The van der Waals surface area contributed by atoms with Crippen molar-refractivity contribution in [3.63, 3.8) is 0 Å². The molecular formula is C20H20N2O4. The van der Waals surface area contributed by atoms with Gasteiger partial charge < -0.3 is 19.9 Å². The first kappa shape index (κ1) is 17.5. The highest BCUT2D eigenvalue weighted by Crippen LogP contribution is 2.28. The molecule has 26 heavy (non-hydrogen) atoms. The van der Waals surface area contributed by atoms with Crippen LogP contribution in [-0.2, 0) is 11.2 Å². The molecule has 0 aliphatic carbocycles. The van der Waals surface area contributed by atoms with Crippen LogP contribution in [0.3, 0.4) is 0 Å². The predicted octanol–water partition coefficient (Wildman–Crippen LogP) is 3.37. The monoisotopic (exact) mass is 352 g/mol.